The van der Waals surface area contributed by atoms with Gasteiger partial charge < -0.3 is 15.0 Å². The van der Waals surface area contributed by atoms with Crippen LogP contribution in [0.3, 0.4) is 0 Å². The van der Waals surface area contributed by atoms with Gasteiger partial charge in [0.25, 0.3) is 15.9 Å². The van der Waals surface area contributed by atoms with Crippen LogP contribution in [0.4, 0.5) is 14.5 Å². The molecule has 0 fully saturated rings. The molecule has 212 valence electrons. The number of halogens is 2. The number of carbonyl (C=O) groups excluding carboxylic acids is 2. The number of anilines is 1. The maximum absolute atomic E-state index is 13.5. The Bertz CT molecular complexity index is 1580. The molecule has 1 atom stereocenters. The van der Waals surface area contributed by atoms with E-state index in [9.17, 15) is 26.8 Å². The Morgan fingerprint density at radius 2 is 1.41 bits per heavy atom. The van der Waals surface area contributed by atoms with E-state index < -0.39 is 46.1 Å². The summed E-state index contributed by atoms with van der Waals surface area (Å²) in [4.78, 5) is 27.7. The van der Waals surface area contributed by atoms with Crippen molar-refractivity contribution in [2.45, 2.75) is 17.5 Å². The van der Waals surface area contributed by atoms with Crippen LogP contribution in [0.15, 0.2) is 108 Å². The Kier molecular flexibility index (Phi) is 9.30. The Balaban J connectivity index is 1.51. The number of likely N-dealkylation sites (N-methyl/N-ethyl adjacent to an activating group) is 1. The summed E-state index contributed by atoms with van der Waals surface area (Å²) < 4.78 is 60.0. The van der Waals surface area contributed by atoms with Crippen LogP contribution in [0.1, 0.15) is 17.2 Å². The van der Waals surface area contributed by atoms with Gasteiger partial charge in [-0.25, -0.2) is 17.2 Å². The molecule has 0 aromatic heterocycles. The van der Waals surface area contributed by atoms with Crippen molar-refractivity contribution in [1.82, 2.24) is 10.2 Å². The number of amides is 2. The van der Waals surface area contributed by atoms with Gasteiger partial charge >= 0.3 is 0 Å². The third kappa shape index (κ3) is 7.67. The van der Waals surface area contributed by atoms with Crippen LogP contribution in [0, 0.1) is 11.6 Å². The molecule has 0 saturated carbocycles. The number of nitrogens with one attached hydrogen (secondary N) is 2. The molecule has 4 aromatic carbocycles. The van der Waals surface area contributed by atoms with Gasteiger partial charge in [0.1, 0.15) is 23.4 Å². The van der Waals surface area contributed by atoms with Crippen LogP contribution in [0.25, 0.3) is 0 Å². The minimum Gasteiger partial charge on any atom is -0.484 e. The average molecular weight is 580 g/mol. The molecule has 0 radical (unpaired) electrons. The van der Waals surface area contributed by atoms with Crippen LogP contribution >= 0.6 is 0 Å². The summed E-state index contributed by atoms with van der Waals surface area (Å²) in [7, 11) is -2.49. The number of hydrogen-bond donors (Lipinski definition) is 2. The maximum Gasteiger partial charge on any atom is 0.261 e. The van der Waals surface area contributed by atoms with E-state index in [0.29, 0.717) is 11.1 Å². The van der Waals surface area contributed by atoms with Crippen molar-refractivity contribution in [3.63, 3.8) is 0 Å². The number of rotatable bonds is 11. The fraction of sp³-hybridized carbons (Fsp3) is 0.133. The first kappa shape index (κ1) is 29.2. The normalized spacial score (nSPS) is 11.8. The molecule has 0 heterocycles. The lowest BCUT2D eigenvalue weighted by molar-refractivity contribution is -0.143. The summed E-state index contributed by atoms with van der Waals surface area (Å²) in [6.45, 7) is -0.455. The second kappa shape index (κ2) is 13.1. The van der Waals surface area contributed by atoms with Crippen molar-refractivity contribution in [1.29, 1.82) is 0 Å². The molecule has 0 spiro atoms. The number of hydrogen-bond acceptors (Lipinski definition) is 5. The number of ether oxygens (including phenoxy) is 1. The van der Waals surface area contributed by atoms with Gasteiger partial charge in [0.05, 0.1) is 4.90 Å². The Morgan fingerprint density at radius 1 is 0.829 bits per heavy atom. The zero-order valence-electron chi connectivity index (χ0n) is 22.0. The highest BCUT2D eigenvalue weighted by molar-refractivity contribution is 7.92. The Labute approximate surface area is 236 Å². The van der Waals surface area contributed by atoms with Gasteiger partial charge in [0, 0.05) is 19.3 Å². The Hall–Kier alpha value is -4.77. The molecule has 0 bridgehead atoms. The van der Waals surface area contributed by atoms with Crippen LogP contribution in [0.5, 0.6) is 5.75 Å². The first-order chi connectivity index (χ1) is 19.7. The van der Waals surface area contributed by atoms with Crippen molar-refractivity contribution in [2.75, 3.05) is 18.4 Å². The van der Waals surface area contributed by atoms with Gasteiger partial charge in [-0.05, 0) is 71.8 Å². The lowest BCUT2D eigenvalue weighted by Crippen LogP contribution is -2.44. The molecular formula is C30H27F2N3O5S. The molecule has 2 amide bonds. The Morgan fingerprint density at radius 3 is 2.00 bits per heavy atom. The lowest BCUT2D eigenvalue weighted by Gasteiger charge is -2.31. The minimum atomic E-state index is -3.95. The topological polar surface area (TPSA) is 105 Å². The van der Waals surface area contributed by atoms with E-state index in [1.165, 1.54) is 72.6 Å². The summed E-state index contributed by atoms with van der Waals surface area (Å²) >= 11 is 0. The standard InChI is InChI=1S/C30H27F2N3O5S/c1-33-30(37)29(22-5-3-2-4-6-22)35(19-21-7-9-23(31)10-8-21)28(36)20-40-26-15-17-27(18-16-26)41(38,39)34-25-13-11-24(32)12-14-25/h2-18,29,34H,19-20H2,1H3,(H,33,37)/t29-/m1/s1. The van der Waals surface area contributed by atoms with Crippen molar-refractivity contribution in [3.05, 3.63) is 126 Å². The highest BCUT2D eigenvalue weighted by Crippen LogP contribution is 2.25. The van der Waals surface area contributed by atoms with Gasteiger partial charge in [-0.2, -0.15) is 0 Å². The molecule has 0 saturated heterocycles. The van der Waals surface area contributed by atoms with E-state index >= 15 is 0 Å². The third-order valence-electron chi connectivity index (χ3n) is 6.10. The van der Waals surface area contributed by atoms with Gasteiger partial charge in [-0.1, -0.05) is 42.5 Å². The van der Waals surface area contributed by atoms with Crippen LogP contribution in [-0.2, 0) is 26.2 Å². The van der Waals surface area contributed by atoms with Crippen LogP contribution in [-0.4, -0.2) is 38.8 Å². The highest BCUT2D eigenvalue weighted by Gasteiger charge is 2.31. The summed E-state index contributed by atoms with van der Waals surface area (Å²) in [6.07, 6.45) is 0. The summed E-state index contributed by atoms with van der Waals surface area (Å²) in [6, 6.07) is 23.6. The third-order valence-corrected chi connectivity index (χ3v) is 7.50. The maximum atomic E-state index is 13.5. The zero-order chi connectivity index (χ0) is 29.4. The van der Waals surface area contributed by atoms with E-state index in [-0.39, 0.29) is 22.9 Å². The zero-order valence-corrected chi connectivity index (χ0v) is 22.8. The fourth-order valence-corrected chi connectivity index (χ4v) is 5.09. The van der Waals surface area contributed by atoms with Gasteiger partial charge in [0.2, 0.25) is 5.91 Å². The summed E-state index contributed by atoms with van der Waals surface area (Å²) in [5.74, 6) is -1.65. The molecule has 0 unspecified atom stereocenters. The molecule has 4 aromatic rings. The molecule has 11 heteroatoms. The van der Waals surface area contributed by atoms with Crippen molar-refractivity contribution in [2.24, 2.45) is 0 Å². The minimum absolute atomic E-state index is 0.00168. The second-order valence-electron chi connectivity index (χ2n) is 8.95. The molecular weight excluding hydrogens is 552 g/mol. The molecule has 0 aliphatic rings. The van der Waals surface area contributed by atoms with E-state index in [1.54, 1.807) is 30.3 Å². The van der Waals surface area contributed by atoms with Crippen molar-refractivity contribution < 1.29 is 31.5 Å². The molecule has 0 aliphatic heterocycles. The summed E-state index contributed by atoms with van der Waals surface area (Å²) in [5, 5.41) is 2.59. The summed E-state index contributed by atoms with van der Waals surface area (Å²) in [5.41, 5.74) is 1.38. The average Bonchev–Trinajstić information content (AvgIpc) is 2.98. The highest BCUT2D eigenvalue weighted by atomic mass is 32.2. The van der Waals surface area contributed by atoms with E-state index in [1.807, 2.05) is 0 Å². The predicted octanol–water partition coefficient (Wildman–Crippen LogP) is 4.66. The van der Waals surface area contributed by atoms with Gasteiger partial charge in [-0.15, -0.1) is 0 Å². The smallest absolute Gasteiger partial charge is 0.261 e. The number of carbonyl (C=O) groups is 2. The van der Waals surface area contributed by atoms with Crippen LogP contribution < -0.4 is 14.8 Å². The first-order valence-corrected chi connectivity index (χ1v) is 14.0. The second-order valence-corrected chi connectivity index (χ2v) is 10.6. The fourth-order valence-electron chi connectivity index (χ4n) is 4.03. The van der Waals surface area contributed by atoms with E-state index in [0.717, 1.165) is 12.1 Å². The monoisotopic (exact) mass is 579 g/mol. The van der Waals surface area contributed by atoms with E-state index in [4.69, 9.17) is 4.74 Å². The lowest BCUT2D eigenvalue weighted by atomic mass is 10.0. The SMILES string of the molecule is CNC(=O)[C@@H](c1ccccc1)N(Cc1ccc(F)cc1)C(=O)COc1ccc(S(=O)(=O)Nc2ccc(F)cc2)cc1. The van der Waals surface area contributed by atoms with Gasteiger partial charge in [-0.3, -0.25) is 14.3 Å². The van der Waals surface area contributed by atoms with Crippen LogP contribution in [0.2, 0.25) is 0 Å². The van der Waals surface area contributed by atoms with Crippen molar-refractivity contribution in [3.8, 4) is 5.75 Å². The molecule has 0 aliphatic carbocycles. The largest absolute Gasteiger partial charge is 0.484 e. The van der Waals surface area contributed by atoms with Crippen molar-refractivity contribution >= 4 is 27.5 Å². The quantitative estimate of drug-likeness (QED) is 0.269. The number of sulfonamides is 1. The van der Waals surface area contributed by atoms with E-state index in [2.05, 4.69) is 10.0 Å². The molecule has 2 N–H and O–H groups in total. The number of benzene rings is 4. The molecule has 8 nitrogen and oxygen atoms in total. The first-order valence-electron chi connectivity index (χ1n) is 12.5. The molecule has 41 heavy (non-hydrogen) atoms. The molecule has 4 rings (SSSR count). The predicted molar refractivity (Wildman–Crippen MR) is 149 cm³/mol. The number of nitrogens with zero attached hydrogens (tertiary/aromatic N) is 1. The van der Waals surface area contributed by atoms with Gasteiger partial charge in [0.15, 0.2) is 6.61 Å².